The van der Waals surface area contributed by atoms with Crippen LogP contribution in [0.4, 0.5) is 5.82 Å². The normalized spacial score (nSPS) is 11.0. The van der Waals surface area contributed by atoms with Gasteiger partial charge >= 0.3 is 0 Å². The van der Waals surface area contributed by atoms with E-state index in [2.05, 4.69) is 25.5 Å². The first-order chi connectivity index (χ1) is 12.8. The molecule has 3 heterocycles. The summed E-state index contributed by atoms with van der Waals surface area (Å²) >= 11 is 1.45. The van der Waals surface area contributed by atoms with Crippen LogP contribution in [0.5, 0.6) is 0 Å². The first-order valence-corrected chi connectivity index (χ1v) is 8.71. The lowest BCUT2D eigenvalue weighted by Gasteiger charge is -2.03. The van der Waals surface area contributed by atoms with Gasteiger partial charge in [0.05, 0.1) is 23.2 Å². The van der Waals surface area contributed by atoms with Crippen molar-refractivity contribution in [3.8, 4) is 10.4 Å². The highest BCUT2D eigenvalue weighted by Gasteiger charge is 2.21. The number of nitrogens with one attached hydrogen (secondary N) is 2. The molecule has 0 atom stereocenters. The van der Waals surface area contributed by atoms with Crippen LogP contribution in [0.2, 0.25) is 0 Å². The van der Waals surface area contributed by atoms with Gasteiger partial charge in [0.1, 0.15) is 10.7 Å². The van der Waals surface area contributed by atoms with E-state index in [9.17, 15) is 4.79 Å². The van der Waals surface area contributed by atoms with Crippen molar-refractivity contribution in [3.63, 3.8) is 0 Å². The van der Waals surface area contributed by atoms with E-state index >= 15 is 0 Å². The third-order valence-corrected chi connectivity index (χ3v) is 4.86. The number of rotatable bonds is 5. The van der Waals surface area contributed by atoms with E-state index in [0.717, 1.165) is 26.4 Å². The van der Waals surface area contributed by atoms with E-state index in [0.29, 0.717) is 18.1 Å². The molecule has 0 spiro atoms. The van der Waals surface area contributed by atoms with Crippen molar-refractivity contribution in [2.45, 2.75) is 6.61 Å². The Balaban J connectivity index is 1.71. The maximum absolute atomic E-state index is 12.9. The zero-order chi connectivity index (χ0) is 17.9. The average Bonchev–Trinajstić information content (AvgIpc) is 3.28. The molecule has 4 rings (SSSR count). The minimum atomic E-state index is -0.312. The van der Waals surface area contributed by atoms with E-state index in [1.54, 1.807) is 25.6 Å². The first-order valence-electron chi connectivity index (χ1n) is 7.90. The Morgan fingerprint density at radius 3 is 2.92 bits per heavy atom. The quantitative estimate of drug-likeness (QED) is 0.565. The topological polar surface area (TPSA) is 92.8 Å². The largest absolute Gasteiger partial charge is 0.378 e. The highest BCUT2D eigenvalue weighted by atomic mass is 32.1. The maximum atomic E-state index is 12.9. The molecule has 0 saturated carbocycles. The number of anilines is 1. The molecule has 0 unspecified atom stereocenters. The van der Waals surface area contributed by atoms with Gasteiger partial charge in [-0.1, -0.05) is 30.3 Å². The molecule has 130 valence electrons. The van der Waals surface area contributed by atoms with Gasteiger partial charge in [-0.15, -0.1) is 11.3 Å². The van der Waals surface area contributed by atoms with E-state index in [1.165, 1.54) is 11.3 Å². The van der Waals surface area contributed by atoms with E-state index in [-0.39, 0.29) is 5.91 Å². The number of methoxy groups -OCH3 is 1. The third kappa shape index (κ3) is 3.07. The molecule has 0 aliphatic heterocycles. The molecule has 3 aromatic heterocycles. The molecule has 1 aromatic carbocycles. The number of thiazole rings is 1. The lowest BCUT2D eigenvalue weighted by Crippen LogP contribution is -2.14. The molecular formula is C18H15N5O2S. The van der Waals surface area contributed by atoms with Gasteiger partial charge in [0.15, 0.2) is 5.82 Å². The van der Waals surface area contributed by atoms with E-state index in [1.807, 2.05) is 30.3 Å². The molecule has 8 heteroatoms. The average molecular weight is 365 g/mol. The number of ether oxygens (including phenoxy) is 1. The summed E-state index contributed by atoms with van der Waals surface area (Å²) in [5.41, 5.74) is 2.05. The summed E-state index contributed by atoms with van der Waals surface area (Å²) in [6.07, 6.45) is 3.31. The van der Waals surface area contributed by atoms with E-state index < -0.39 is 0 Å². The summed E-state index contributed by atoms with van der Waals surface area (Å²) in [7, 11) is 1.60. The first kappa shape index (κ1) is 16.4. The SMILES string of the molecule is COCc1nc(C(=O)Nc2n[nH]c3cnccc23)c(-c2ccccc2)s1. The van der Waals surface area contributed by atoms with Crippen molar-refractivity contribution >= 4 is 34.0 Å². The number of carbonyl (C=O) groups is 1. The molecule has 0 radical (unpaired) electrons. The minimum Gasteiger partial charge on any atom is -0.378 e. The Labute approximate surface area is 153 Å². The van der Waals surface area contributed by atoms with Gasteiger partial charge < -0.3 is 10.1 Å². The number of amides is 1. The Morgan fingerprint density at radius 1 is 1.27 bits per heavy atom. The van der Waals surface area contributed by atoms with Crippen molar-refractivity contribution in [1.82, 2.24) is 20.2 Å². The number of hydrogen-bond acceptors (Lipinski definition) is 6. The Morgan fingerprint density at radius 2 is 2.12 bits per heavy atom. The molecule has 7 nitrogen and oxygen atoms in total. The molecule has 0 aliphatic carbocycles. The van der Waals surface area contributed by atoms with E-state index in [4.69, 9.17) is 4.74 Å². The number of aromatic amines is 1. The Bertz CT molecular complexity index is 1060. The fourth-order valence-electron chi connectivity index (χ4n) is 2.62. The molecule has 26 heavy (non-hydrogen) atoms. The molecule has 0 fully saturated rings. The highest BCUT2D eigenvalue weighted by molar-refractivity contribution is 7.15. The standard InChI is InChI=1S/C18H15N5O2S/c1-25-10-14-20-15(16(26-14)11-5-3-2-4-6-11)18(24)21-17-12-7-8-19-9-13(12)22-23-17/h2-9H,10H2,1H3,(H2,21,22,23,24). The smallest absolute Gasteiger partial charge is 0.277 e. The number of pyridine rings is 1. The van der Waals surface area contributed by atoms with Gasteiger partial charge in [0.2, 0.25) is 0 Å². The second-order valence-corrected chi connectivity index (χ2v) is 6.62. The van der Waals surface area contributed by atoms with Crippen LogP contribution >= 0.6 is 11.3 Å². The van der Waals surface area contributed by atoms with Gasteiger partial charge in [-0.05, 0) is 11.6 Å². The number of benzene rings is 1. The Hall–Kier alpha value is -3.10. The predicted molar refractivity (Wildman–Crippen MR) is 100 cm³/mol. The number of aromatic nitrogens is 4. The van der Waals surface area contributed by atoms with Crippen LogP contribution in [-0.2, 0) is 11.3 Å². The second kappa shape index (κ2) is 7.03. The van der Waals surface area contributed by atoms with Crippen molar-refractivity contribution in [1.29, 1.82) is 0 Å². The van der Waals surface area contributed by atoms with Gasteiger partial charge in [-0.25, -0.2) is 4.98 Å². The van der Waals surface area contributed by atoms with Crippen molar-refractivity contribution < 1.29 is 9.53 Å². The minimum absolute atomic E-state index is 0.312. The van der Waals surface area contributed by atoms with Gasteiger partial charge in [0, 0.05) is 18.7 Å². The zero-order valence-corrected chi connectivity index (χ0v) is 14.7. The van der Waals surface area contributed by atoms with Gasteiger partial charge in [-0.3, -0.25) is 14.9 Å². The molecule has 4 aromatic rings. The zero-order valence-electron chi connectivity index (χ0n) is 13.9. The molecule has 2 N–H and O–H groups in total. The van der Waals surface area contributed by atoms with Crippen molar-refractivity contribution in [3.05, 3.63) is 59.5 Å². The summed E-state index contributed by atoms with van der Waals surface area (Å²) < 4.78 is 5.17. The predicted octanol–water partition coefficient (Wildman–Crippen LogP) is 3.48. The fourth-order valence-corrected chi connectivity index (χ4v) is 3.66. The second-order valence-electron chi connectivity index (χ2n) is 5.53. The van der Waals surface area contributed by atoms with Crippen LogP contribution in [0.3, 0.4) is 0 Å². The summed E-state index contributed by atoms with van der Waals surface area (Å²) in [5.74, 6) is 0.139. The van der Waals surface area contributed by atoms with Crippen LogP contribution in [-0.4, -0.2) is 33.2 Å². The van der Waals surface area contributed by atoms with Crippen LogP contribution in [0, 0.1) is 0 Å². The van der Waals surface area contributed by atoms with Crippen molar-refractivity contribution in [2.24, 2.45) is 0 Å². The number of hydrogen-bond donors (Lipinski definition) is 2. The van der Waals surface area contributed by atoms with Crippen LogP contribution in [0.15, 0.2) is 48.8 Å². The van der Waals surface area contributed by atoms with Gasteiger partial charge in [-0.2, -0.15) is 5.10 Å². The molecule has 0 aliphatic rings. The lowest BCUT2D eigenvalue weighted by atomic mass is 10.1. The van der Waals surface area contributed by atoms with Crippen LogP contribution in [0.25, 0.3) is 21.3 Å². The number of nitrogens with zero attached hydrogens (tertiary/aromatic N) is 3. The Kier molecular flexibility index (Phi) is 4.42. The fraction of sp³-hybridized carbons (Fsp3) is 0.111. The number of H-pyrrole nitrogens is 1. The lowest BCUT2D eigenvalue weighted by molar-refractivity contribution is 0.102. The highest BCUT2D eigenvalue weighted by Crippen LogP contribution is 2.31. The molecule has 1 amide bonds. The number of carbonyl (C=O) groups excluding carboxylic acids is 1. The summed E-state index contributed by atoms with van der Waals surface area (Å²) in [6.45, 7) is 0.356. The molecule has 0 bridgehead atoms. The molecule has 0 saturated heterocycles. The molecular weight excluding hydrogens is 350 g/mol. The maximum Gasteiger partial charge on any atom is 0.277 e. The van der Waals surface area contributed by atoms with Crippen LogP contribution in [0.1, 0.15) is 15.5 Å². The third-order valence-electron chi connectivity index (χ3n) is 3.79. The number of fused-ring (bicyclic) bond motifs is 1. The summed E-state index contributed by atoms with van der Waals surface area (Å²) in [5, 5.41) is 11.4. The monoisotopic (exact) mass is 365 g/mol. The summed E-state index contributed by atoms with van der Waals surface area (Å²) in [4.78, 5) is 22.2. The van der Waals surface area contributed by atoms with Gasteiger partial charge in [0.25, 0.3) is 5.91 Å². The van der Waals surface area contributed by atoms with Crippen LogP contribution < -0.4 is 5.32 Å². The van der Waals surface area contributed by atoms with Crippen molar-refractivity contribution in [2.75, 3.05) is 12.4 Å². The summed E-state index contributed by atoms with van der Waals surface area (Å²) in [6, 6.07) is 11.5.